The molecule has 0 spiro atoms. The van der Waals surface area contributed by atoms with Gasteiger partial charge >= 0.3 is 0 Å². The minimum Gasteiger partial charge on any atom is -0.507 e. The number of ether oxygens (including phenoxy) is 3. The molecular formula is C29H31NO10S. The van der Waals surface area contributed by atoms with E-state index < -0.39 is 59.3 Å². The summed E-state index contributed by atoms with van der Waals surface area (Å²) in [6.07, 6.45) is -4.43. The average Bonchev–Trinajstić information content (AvgIpc) is 2.90. The van der Waals surface area contributed by atoms with Gasteiger partial charge in [0.2, 0.25) is 5.78 Å². The second-order valence-corrected chi connectivity index (χ2v) is 11.3. The number of benzene rings is 2. The fourth-order valence-corrected chi connectivity index (χ4v) is 6.16. The maximum atomic E-state index is 13.9. The number of fused-ring (bicyclic) bond motifs is 3. The number of ketones is 3. The van der Waals surface area contributed by atoms with Gasteiger partial charge in [0.25, 0.3) is 0 Å². The van der Waals surface area contributed by atoms with Gasteiger partial charge in [-0.2, -0.15) is 0 Å². The van der Waals surface area contributed by atoms with Crippen molar-refractivity contribution in [2.75, 3.05) is 6.61 Å². The van der Waals surface area contributed by atoms with E-state index in [9.17, 15) is 34.8 Å². The van der Waals surface area contributed by atoms with Crippen molar-refractivity contribution in [3.63, 3.8) is 0 Å². The van der Waals surface area contributed by atoms with E-state index in [4.69, 9.17) is 32.2 Å². The summed E-state index contributed by atoms with van der Waals surface area (Å²) in [4.78, 5) is 38.1. The van der Waals surface area contributed by atoms with Crippen LogP contribution in [0.4, 0.5) is 0 Å². The van der Waals surface area contributed by atoms with Crippen LogP contribution in [0.25, 0.3) is 0 Å². The first-order valence-electron chi connectivity index (χ1n) is 13.2. The smallest absolute Gasteiger partial charge is 0.201 e. The predicted molar refractivity (Wildman–Crippen MR) is 147 cm³/mol. The van der Waals surface area contributed by atoms with Gasteiger partial charge in [0.1, 0.15) is 29.5 Å². The van der Waals surface area contributed by atoms with Crippen molar-refractivity contribution in [2.45, 2.75) is 76.3 Å². The minimum absolute atomic E-state index is 0.00450. The maximum absolute atomic E-state index is 13.9. The molecule has 218 valence electrons. The summed E-state index contributed by atoms with van der Waals surface area (Å²) < 4.78 is 17.5. The van der Waals surface area contributed by atoms with E-state index >= 15 is 0 Å². The molecule has 0 radical (unpaired) electrons. The van der Waals surface area contributed by atoms with Gasteiger partial charge < -0.3 is 40.4 Å². The van der Waals surface area contributed by atoms with E-state index in [1.165, 1.54) is 19.9 Å². The molecule has 0 amide bonds. The third kappa shape index (κ3) is 4.84. The van der Waals surface area contributed by atoms with E-state index in [-0.39, 0.29) is 75.6 Å². The Morgan fingerprint density at radius 1 is 1.17 bits per heavy atom. The maximum Gasteiger partial charge on any atom is 0.201 e. The number of phenols is 2. The summed E-state index contributed by atoms with van der Waals surface area (Å²) in [5.41, 5.74) is 3.97. The molecule has 0 aromatic heterocycles. The van der Waals surface area contributed by atoms with E-state index in [2.05, 4.69) is 0 Å². The van der Waals surface area contributed by atoms with Crippen molar-refractivity contribution in [1.29, 1.82) is 0 Å². The van der Waals surface area contributed by atoms with E-state index in [1.54, 1.807) is 19.1 Å². The molecule has 1 fully saturated rings. The van der Waals surface area contributed by atoms with Gasteiger partial charge in [-0.05, 0) is 26.8 Å². The molecule has 1 heterocycles. The Kier molecular flexibility index (Phi) is 7.51. The number of phenolic OH excluding ortho intramolecular Hbond substituents is 2. The van der Waals surface area contributed by atoms with Crippen LogP contribution in [-0.2, 0) is 25.5 Å². The predicted octanol–water partition coefficient (Wildman–Crippen LogP) is 1.52. The zero-order valence-corrected chi connectivity index (χ0v) is 23.5. The lowest BCUT2D eigenvalue weighted by atomic mass is 9.72. The number of carbonyl (C=O) groups excluding carboxylic acids is 3. The van der Waals surface area contributed by atoms with Gasteiger partial charge in [0.15, 0.2) is 17.9 Å². The highest BCUT2D eigenvalue weighted by molar-refractivity contribution is 7.81. The van der Waals surface area contributed by atoms with Crippen LogP contribution >= 0.6 is 12.2 Å². The van der Waals surface area contributed by atoms with E-state index in [0.717, 1.165) is 0 Å². The fourth-order valence-electron chi connectivity index (χ4n) is 5.79. The lowest BCUT2D eigenvalue weighted by Crippen LogP contribution is -2.52. The van der Waals surface area contributed by atoms with Crippen LogP contribution in [0.2, 0.25) is 0 Å². The second kappa shape index (κ2) is 10.5. The van der Waals surface area contributed by atoms with Crippen LogP contribution < -0.4 is 10.5 Å². The molecule has 1 aliphatic heterocycles. The van der Waals surface area contributed by atoms with Crippen LogP contribution in [0.1, 0.15) is 77.9 Å². The van der Waals surface area contributed by atoms with Gasteiger partial charge in [-0.25, -0.2) is 0 Å². The summed E-state index contributed by atoms with van der Waals surface area (Å²) >= 11 is 5.66. The lowest BCUT2D eigenvalue weighted by Gasteiger charge is -2.42. The zero-order valence-electron chi connectivity index (χ0n) is 22.7. The Morgan fingerprint density at radius 2 is 1.88 bits per heavy atom. The fraction of sp³-hybridized carbons (Fsp3) is 0.448. The van der Waals surface area contributed by atoms with Crippen LogP contribution in [0.5, 0.6) is 17.2 Å². The topological polar surface area (TPSA) is 186 Å². The normalized spacial score (nSPS) is 28.9. The van der Waals surface area contributed by atoms with Gasteiger partial charge in [0.05, 0.1) is 39.9 Å². The molecule has 2 aliphatic carbocycles. The Hall–Kier alpha value is -3.26. The highest BCUT2D eigenvalue weighted by Crippen LogP contribution is 2.52. The molecule has 6 atom stereocenters. The van der Waals surface area contributed by atoms with Crippen molar-refractivity contribution in [3.8, 4) is 17.2 Å². The Morgan fingerprint density at radius 3 is 2.51 bits per heavy atom. The largest absolute Gasteiger partial charge is 0.507 e. The number of hydrogen-bond donors (Lipinski definition) is 5. The summed E-state index contributed by atoms with van der Waals surface area (Å²) in [7, 11) is 0. The second-order valence-electron chi connectivity index (χ2n) is 10.9. The Labute approximate surface area is 240 Å². The first kappa shape index (κ1) is 29.2. The van der Waals surface area contributed by atoms with Crippen LogP contribution in [-0.4, -0.2) is 79.4 Å². The SMILES string of the molecule is CC(=O)COc1cccc2c1C(=O)c1c(O)c3c(c(O)c1C2=S)C[C@@](O)(C(C)=O)C[C@@H]3OC1CC(N)C(O)C(C)O1. The Balaban J connectivity index is 1.66. The average molecular weight is 586 g/mol. The quantitative estimate of drug-likeness (QED) is 0.208. The highest BCUT2D eigenvalue weighted by Gasteiger charge is 2.49. The molecule has 1 saturated heterocycles. The molecule has 11 nitrogen and oxygen atoms in total. The van der Waals surface area contributed by atoms with Gasteiger partial charge in [-0.1, -0.05) is 24.4 Å². The third-order valence-electron chi connectivity index (χ3n) is 8.01. The molecule has 0 saturated carbocycles. The number of aliphatic hydroxyl groups excluding tert-OH is 1. The summed E-state index contributed by atoms with van der Waals surface area (Å²) in [6.45, 7) is 3.86. The molecule has 0 bridgehead atoms. The van der Waals surface area contributed by atoms with Gasteiger partial charge in [-0.15, -0.1) is 0 Å². The molecule has 41 heavy (non-hydrogen) atoms. The minimum atomic E-state index is -1.97. The molecular weight excluding hydrogens is 554 g/mol. The monoisotopic (exact) mass is 585 g/mol. The first-order chi connectivity index (χ1) is 19.2. The number of Topliss-reactive ketones (excluding diaryl/α,β-unsaturated/α-hetero) is 2. The molecule has 12 heteroatoms. The highest BCUT2D eigenvalue weighted by atomic mass is 32.1. The standard InChI is InChI=1S/C29H31NO10S/c1-11(31)10-38-17-6-4-5-14-20(17)26(35)22-23(28(14)41)25(34)15-8-29(37,13(3)32)9-18(21(15)27(22)36)40-19-7-16(30)24(33)12(2)39-19/h4-6,12,16,18-19,24,33-34,36-37H,7-10,30H2,1-3H3/t12?,16?,18-,19?,24?,29-/m0/s1. The van der Waals surface area contributed by atoms with Crippen LogP contribution in [0, 0.1) is 0 Å². The van der Waals surface area contributed by atoms with Crippen molar-refractivity contribution in [1.82, 2.24) is 0 Å². The number of thiocarbonyl (C=S) groups is 1. The van der Waals surface area contributed by atoms with Crippen molar-refractivity contribution in [3.05, 3.63) is 51.6 Å². The molecule has 6 N–H and O–H groups in total. The van der Waals surface area contributed by atoms with Crippen LogP contribution in [0.15, 0.2) is 18.2 Å². The molecule has 2 aromatic carbocycles. The summed E-state index contributed by atoms with van der Waals surface area (Å²) in [6, 6.07) is 3.96. The van der Waals surface area contributed by atoms with Crippen LogP contribution in [0.3, 0.4) is 0 Å². The molecule has 2 aromatic rings. The third-order valence-corrected chi connectivity index (χ3v) is 8.43. The molecule has 5 rings (SSSR count). The number of rotatable bonds is 6. The molecule has 4 unspecified atom stereocenters. The van der Waals surface area contributed by atoms with Crippen molar-refractivity contribution < 1.29 is 49.0 Å². The Bertz CT molecular complexity index is 1480. The number of aromatic hydroxyl groups is 2. The number of aliphatic hydroxyl groups is 2. The van der Waals surface area contributed by atoms with Crippen molar-refractivity contribution >= 4 is 34.4 Å². The van der Waals surface area contributed by atoms with Crippen molar-refractivity contribution in [2.24, 2.45) is 5.73 Å². The number of hydrogen-bond acceptors (Lipinski definition) is 12. The summed E-state index contributed by atoms with van der Waals surface area (Å²) in [5.74, 6) is -2.47. The first-order valence-corrected chi connectivity index (χ1v) is 13.6. The summed E-state index contributed by atoms with van der Waals surface area (Å²) in [5, 5.41) is 44.7. The zero-order chi connectivity index (χ0) is 30.0. The van der Waals surface area contributed by atoms with Gasteiger partial charge in [-0.3, -0.25) is 14.4 Å². The van der Waals surface area contributed by atoms with E-state index in [0.29, 0.717) is 0 Å². The molecule has 3 aliphatic rings. The number of carbonyl (C=O) groups is 3. The number of nitrogens with two attached hydrogens (primary N) is 1. The van der Waals surface area contributed by atoms with E-state index in [1.807, 2.05) is 0 Å². The van der Waals surface area contributed by atoms with Gasteiger partial charge in [0, 0.05) is 42.0 Å². The lowest BCUT2D eigenvalue weighted by molar-refractivity contribution is -0.247.